The molecule has 25 heavy (non-hydrogen) atoms. The maximum Gasteiger partial charge on any atom is 0.416 e. The molecule has 0 atom stereocenters. The van der Waals surface area contributed by atoms with Crippen molar-refractivity contribution in [3.8, 4) is 11.3 Å². The van der Waals surface area contributed by atoms with Gasteiger partial charge in [-0.3, -0.25) is 10.1 Å². The second-order valence-electron chi connectivity index (χ2n) is 5.05. The largest absolute Gasteiger partial charge is 0.416 e. The molecule has 1 N–H and O–H groups in total. The average Bonchev–Trinajstić information content (AvgIpc) is 3.03. The first-order chi connectivity index (χ1) is 11.8. The third-order valence-corrected chi connectivity index (χ3v) is 4.06. The van der Waals surface area contributed by atoms with Gasteiger partial charge in [0.25, 0.3) is 5.69 Å². The molecule has 2 aromatic carbocycles. The SMILES string of the molecule is O=[N+]([O-])c1cccc(-c2csc(Nc3cccc(C(F)(F)F)c3)n2)c1. The number of halogens is 3. The first kappa shape index (κ1) is 16.9. The molecule has 0 bridgehead atoms. The summed E-state index contributed by atoms with van der Waals surface area (Å²) in [5, 5.41) is 15.7. The van der Waals surface area contributed by atoms with Crippen molar-refractivity contribution in [3.63, 3.8) is 0 Å². The van der Waals surface area contributed by atoms with Crippen molar-refractivity contribution in [3.05, 3.63) is 69.6 Å². The number of hydrogen-bond donors (Lipinski definition) is 1. The predicted molar refractivity (Wildman–Crippen MR) is 88.9 cm³/mol. The van der Waals surface area contributed by atoms with E-state index in [1.54, 1.807) is 17.5 Å². The normalized spacial score (nSPS) is 11.3. The van der Waals surface area contributed by atoms with Crippen LogP contribution in [0.15, 0.2) is 53.9 Å². The van der Waals surface area contributed by atoms with Gasteiger partial charge in [-0.25, -0.2) is 4.98 Å². The van der Waals surface area contributed by atoms with Gasteiger partial charge in [-0.1, -0.05) is 18.2 Å². The van der Waals surface area contributed by atoms with E-state index in [9.17, 15) is 23.3 Å². The Morgan fingerprint density at radius 2 is 1.88 bits per heavy atom. The maximum absolute atomic E-state index is 12.7. The minimum absolute atomic E-state index is 0.0575. The van der Waals surface area contributed by atoms with Crippen LogP contribution in [0.4, 0.5) is 29.7 Å². The van der Waals surface area contributed by atoms with Crippen molar-refractivity contribution in [1.29, 1.82) is 0 Å². The molecule has 1 heterocycles. The van der Waals surface area contributed by atoms with E-state index in [-0.39, 0.29) is 11.4 Å². The van der Waals surface area contributed by atoms with Gasteiger partial charge in [0, 0.05) is 28.8 Å². The fraction of sp³-hybridized carbons (Fsp3) is 0.0625. The van der Waals surface area contributed by atoms with Crippen molar-refractivity contribution < 1.29 is 18.1 Å². The van der Waals surface area contributed by atoms with Gasteiger partial charge in [-0.05, 0) is 18.2 Å². The number of anilines is 2. The van der Waals surface area contributed by atoms with E-state index >= 15 is 0 Å². The predicted octanol–water partition coefficient (Wildman–Crippen LogP) is 5.48. The quantitative estimate of drug-likeness (QED) is 0.491. The molecular formula is C16H10F3N3O2S. The molecule has 0 saturated carbocycles. The summed E-state index contributed by atoms with van der Waals surface area (Å²) in [6, 6.07) is 10.8. The Balaban J connectivity index is 1.83. The summed E-state index contributed by atoms with van der Waals surface area (Å²) in [6.45, 7) is 0. The third-order valence-electron chi connectivity index (χ3n) is 3.30. The highest BCUT2D eigenvalue weighted by molar-refractivity contribution is 7.14. The van der Waals surface area contributed by atoms with Crippen LogP contribution in [-0.4, -0.2) is 9.91 Å². The molecule has 0 aliphatic rings. The number of aromatic nitrogens is 1. The first-order valence-corrected chi connectivity index (χ1v) is 7.85. The molecule has 0 aliphatic carbocycles. The van der Waals surface area contributed by atoms with Crippen molar-refractivity contribution >= 4 is 27.8 Å². The van der Waals surface area contributed by atoms with Crippen LogP contribution in [-0.2, 0) is 6.18 Å². The van der Waals surface area contributed by atoms with Crippen molar-refractivity contribution in [2.75, 3.05) is 5.32 Å². The minimum Gasteiger partial charge on any atom is -0.332 e. The van der Waals surface area contributed by atoms with Crippen molar-refractivity contribution in [2.24, 2.45) is 0 Å². The molecule has 128 valence electrons. The fourth-order valence-corrected chi connectivity index (χ4v) is 2.88. The van der Waals surface area contributed by atoms with Crippen LogP contribution < -0.4 is 5.32 Å². The highest BCUT2D eigenvalue weighted by Gasteiger charge is 2.30. The van der Waals surface area contributed by atoms with Crippen LogP contribution in [0.3, 0.4) is 0 Å². The zero-order chi connectivity index (χ0) is 18.0. The van der Waals surface area contributed by atoms with Gasteiger partial charge in [-0.15, -0.1) is 11.3 Å². The lowest BCUT2D eigenvalue weighted by atomic mass is 10.1. The van der Waals surface area contributed by atoms with Gasteiger partial charge in [0.15, 0.2) is 5.13 Å². The lowest BCUT2D eigenvalue weighted by molar-refractivity contribution is -0.384. The monoisotopic (exact) mass is 365 g/mol. The lowest BCUT2D eigenvalue weighted by Gasteiger charge is -2.08. The number of benzene rings is 2. The Hall–Kier alpha value is -2.94. The van der Waals surface area contributed by atoms with Gasteiger partial charge in [0.1, 0.15) is 0 Å². The van der Waals surface area contributed by atoms with Gasteiger partial charge in [0.05, 0.1) is 16.2 Å². The van der Waals surface area contributed by atoms with Gasteiger partial charge >= 0.3 is 6.18 Å². The van der Waals surface area contributed by atoms with Crippen LogP contribution in [0.25, 0.3) is 11.3 Å². The smallest absolute Gasteiger partial charge is 0.332 e. The Morgan fingerprint density at radius 3 is 2.60 bits per heavy atom. The number of nitrogens with one attached hydrogen (secondary N) is 1. The summed E-state index contributed by atoms with van der Waals surface area (Å²) in [5.74, 6) is 0. The van der Waals surface area contributed by atoms with Gasteiger partial charge in [-0.2, -0.15) is 13.2 Å². The van der Waals surface area contributed by atoms with Crippen molar-refractivity contribution in [1.82, 2.24) is 4.98 Å². The van der Waals surface area contributed by atoms with Crippen LogP contribution in [0.1, 0.15) is 5.56 Å². The molecule has 9 heteroatoms. The second-order valence-corrected chi connectivity index (χ2v) is 5.91. The highest BCUT2D eigenvalue weighted by atomic mass is 32.1. The molecule has 1 aromatic heterocycles. The molecule has 3 rings (SSSR count). The molecule has 0 saturated heterocycles. The van der Waals surface area contributed by atoms with Crippen LogP contribution >= 0.6 is 11.3 Å². The van der Waals surface area contributed by atoms with E-state index < -0.39 is 16.7 Å². The van der Waals surface area contributed by atoms with Gasteiger partial charge in [0.2, 0.25) is 0 Å². The Kier molecular flexibility index (Phi) is 4.41. The number of nitrogens with zero attached hydrogens (tertiary/aromatic N) is 2. The first-order valence-electron chi connectivity index (χ1n) is 6.97. The number of nitro benzene ring substituents is 1. The summed E-state index contributed by atoms with van der Waals surface area (Å²) >= 11 is 1.19. The number of thiazole rings is 1. The highest BCUT2D eigenvalue weighted by Crippen LogP contribution is 2.33. The van der Waals surface area contributed by atoms with E-state index in [0.29, 0.717) is 16.4 Å². The van der Waals surface area contributed by atoms with E-state index in [4.69, 9.17) is 0 Å². The number of non-ortho nitro benzene ring substituents is 1. The molecule has 5 nitrogen and oxygen atoms in total. The number of nitro groups is 1. The summed E-state index contributed by atoms with van der Waals surface area (Å²) in [4.78, 5) is 14.6. The second kappa shape index (κ2) is 6.52. The van der Waals surface area contributed by atoms with E-state index in [2.05, 4.69) is 10.3 Å². The number of hydrogen-bond acceptors (Lipinski definition) is 5. The molecule has 3 aromatic rings. The van der Waals surface area contributed by atoms with Crippen LogP contribution in [0, 0.1) is 10.1 Å². The molecule has 0 spiro atoms. The molecule has 0 amide bonds. The summed E-state index contributed by atoms with van der Waals surface area (Å²) < 4.78 is 38.2. The molecule has 0 aliphatic heterocycles. The average molecular weight is 365 g/mol. The molecule has 0 fully saturated rings. The molecular weight excluding hydrogens is 355 g/mol. The van der Waals surface area contributed by atoms with Crippen molar-refractivity contribution in [2.45, 2.75) is 6.18 Å². The Labute approximate surface area is 143 Å². The third kappa shape index (κ3) is 3.94. The Morgan fingerprint density at radius 1 is 1.12 bits per heavy atom. The zero-order valence-electron chi connectivity index (χ0n) is 12.4. The van der Waals surface area contributed by atoms with Crippen LogP contribution in [0.2, 0.25) is 0 Å². The summed E-state index contributed by atoms with van der Waals surface area (Å²) in [7, 11) is 0. The van der Waals surface area contributed by atoms with Gasteiger partial charge < -0.3 is 5.32 Å². The maximum atomic E-state index is 12.7. The number of alkyl halides is 3. The minimum atomic E-state index is -4.42. The summed E-state index contributed by atoms with van der Waals surface area (Å²) in [6.07, 6.45) is -4.42. The molecule has 0 unspecified atom stereocenters. The Bertz CT molecular complexity index is 925. The van der Waals surface area contributed by atoms with Crippen LogP contribution in [0.5, 0.6) is 0 Å². The number of rotatable bonds is 4. The lowest BCUT2D eigenvalue weighted by Crippen LogP contribution is -2.05. The topological polar surface area (TPSA) is 68.1 Å². The van der Waals surface area contributed by atoms with E-state index in [1.807, 2.05) is 0 Å². The summed E-state index contributed by atoms with van der Waals surface area (Å²) in [5.41, 5.74) is 0.506. The molecule has 0 radical (unpaired) electrons. The van der Waals surface area contributed by atoms with E-state index in [1.165, 1.54) is 35.6 Å². The fourth-order valence-electron chi connectivity index (χ4n) is 2.14. The standard InChI is InChI=1S/C16H10F3N3O2S/c17-16(18,19)11-4-2-5-12(8-11)20-15-21-14(9-25-15)10-3-1-6-13(7-10)22(23)24/h1-9H,(H,20,21). The zero-order valence-corrected chi connectivity index (χ0v) is 13.3. The van der Waals surface area contributed by atoms with E-state index in [0.717, 1.165) is 12.1 Å².